The first-order valence-electron chi connectivity index (χ1n) is 9.98. The summed E-state index contributed by atoms with van der Waals surface area (Å²) < 4.78 is 2.21. The minimum Gasteiger partial charge on any atom is -0.393 e. The van der Waals surface area contributed by atoms with Crippen LogP contribution in [0.5, 0.6) is 0 Å². The molecule has 1 aromatic heterocycles. The molecule has 1 aliphatic heterocycles. The van der Waals surface area contributed by atoms with E-state index in [-0.39, 0.29) is 12.1 Å². The molecule has 2 atom stereocenters. The lowest BCUT2D eigenvalue weighted by atomic mass is 9.92. The van der Waals surface area contributed by atoms with E-state index in [4.69, 9.17) is 28.5 Å². The van der Waals surface area contributed by atoms with E-state index in [1.807, 2.05) is 18.2 Å². The summed E-state index contributed by atoms with van der Waals surface area (Å²) in [6.45, 7) is 5.47. The van der Waals surface area contributed by atoms with Crippen LogP contribution in [0.25, 0.3) is 11.1 Å². The number of hydrogen-bond acceptors (Lipinski definition) is 1. The molecule has 0 saturated carbocycles. The lowest BCUT2D eigenvalue weighted by molar-refractivity contribution is 0.113. The third kappa shape index (κ3) is 4.24. The molecule has 1 radical (unpaired) electrons. The van der Waals surface area contributed by atoms with Crippen LogP contribution in [0.15, 0.2) is 48.7 Å². The van der Waals surface area contributed by atoms with Crippen molar-refractivity contribution >= 4 is 23.2 Å². The monoisotopic (exact) mass is 427 g/mol. The van der Waals surface area contributed by atoms with Crippen molar-refractivity contribution in [2.24, 2.45) is 0 Å². The summed E-state index contributed by atoms with van der Waals surface area (Å²) in [6, 6.07) is 14.1. The minimum atomic E-state index is -0.323. The lowest BCUT2D eigenvalue weighted by Gasteiger charge is -2.28. The Morgan fingerprint density at radius 1 is 1.07 bits per heavy atom. The first kappa shape index (κ1) is 20.5. The fraction of sp³-hybridized carbons (Fsp3) is 0.333. The van der Waals surface area contributed by atoms with E-state index in [1.165, 1.54) is 22.3 Å². The van der Waals surface area contributed by atoms with Crippen molar-refractivity contribution in [2.45, 2.75) is 45.4 Å². The summed E-state index contributed by atoms with van der Waals surface area (Å²) in [7, 11) is 0. The zero-order chi connectivity index (χ0) is 20.5. The maximum absolute atomic E-state index is 10.3. The van der Waals surface area contributed by atoms with Crippen molar-refractivity contribution in [3.05, 3.63) is 81.1 Å². The van der Waals surface area contributed by atoms with Crippen LogP contribution in [0.3, 0.4) is 0 Å². The molecule has 29 heavy (non-hydrogen) atoms. The van der Waals surface area contributed by atoms with E-state index in [2.05, 4.69) is 48.9 Å². The second-order valence-electron chi connectivity index (χ2n) is 7.87. The van der Waals surface area contributed by atoms with Gasteiger partial charge in [0.2, 0.25) is 0 Å². The van der Waals surface area contributed by atoms with Gasteiger partial charge in [0.05, 0.1) is 18.7 Å². The van der Waals surface area contributed by atoms with Gasteiger partial charge in [-0.05, 0) is 49.9 Å². The zero-order valence-electron chi connectivity index (χ0n) is 16.7. The van der Waals surface area contributed by atoms with Gasteiger partial charge in [0, 0.05) is 39.6 Å². The van der Waals surface area contributed by atoms with Gasteiger partial charge in [-0.25, -0.2) is 5.32 Å². The average molecular weight is 428 g/mol. The number of aliphatic hydroxyl groups is 1. The summed E-state index contributed by atoms with van der Waals surface area (Å²) in [5.74, 6) is 0. The van der Waals surface area contributed by atoms with Gasteiger partial charge >= 0.3 is 0 Å². The van der Waals surface area contributed by atoms with E-state index in [0.29, 0.717) is 29.6 Å². The number of aliphatic hydroxyl groups excluding tert-OH is 1. The molecule has 5 heteroatoms. The van der Waals surface area contributed by atoms with Crippen molar-refractivity contribution in [3.63, 3.8) is 0 Å². The Bertz CT molecular complexity index is 990. The van der Waals surface area contributed by atoms with Crippen LogP contribution in [-0.4, -0.2) is 22.3 Å². The van der Waals surface area contributed by atoms with Gasteiger partial charge in [-0.3, -0.25) is 0 Å². The molecule has 0 amide bonds. The Morgan fingerprint density at radius 3 is 2.41 bits per heavy atom. The number of rotatable bonds is 4. The number of hydrogen-bond donors (Lipinski definition) is 1. The first-order chi connectivity index (χ1) is 13.9. The van der Waals surface area contributed by atoms with E-state index >= 15 is 0 Å². The standard InChI is InChI=1S/C24H25Cl2N2O/c1-15-6-8-17(9-7-15)23-16(2)13-28(14-19-20(25)4-3-5-21(19)26)24(23)22-12-18(29)10-11-27-22/h3-9,13,18,22,29H,10-12,14H2,1-2H3. The Balaban J connectivity index is 1.84. The summed E-state index contributed by atoms with van der Waals surface area (Å²) in [5, 5.41) is 16.5. The second kappa shape index (κ2) is 8.53. The quantitative estimate of drug-likeness (QED) is 0.550. The summed E-state index contributed by atoms with van der Waals surface area (Å²) in [4.78, 5) is 0. The molecule has 0 spiro atoms. The summed E-state index contributed by atoms with van der Waals surface area (Å²) in [6.07, 6.45) is 3.20. The van der Waals surface area contributed by atoms with Crippen LogP contribution in [0.4, 0.5) is 0 Å². The van der Waals surface area contributed by atoms with E-state index in [9.17, 15) is 5.11 Å². The number of benzene rings is 2. The average Bonchev–Trinajstić information content (AvgIpc) is 3.01. The van der Waals surface area contributed by atoms with E-state index in [1.54, 1.807) is 0 Å². The molecule has 2 unspecified atom stereocenters. The molecule has 4 rings (SSSR count). The molecular formula is C24H25Cl2N2O. The van der Waals surface area contributed by atoms with Gasteiger partial charge in [0.25, 0.3) is 0 Å². The lowest BCUT2D eigenvalue weighted by Crippen LogP contribution is -2.31. The van der Waals surface area contributed by atoms with Crippen LogP contribution >= 0.6 is 23.2 Å². The highest BCUT2D eigenvalue weighted by Crippen LogP contribution is 2.38. The van der Waals surface area contributed by atoms with Crippen molar-refractivity contribution in [2.75, 3.05) is 6.54 Å². The van der Waals surface area contributed by atoms with Crippen LogP contribution in [0, 0.1) is 13.8 Å². The van der Waals surface area contributed by atoms with Crippen LogP contribution < -0.4 is 5.32 Å². The summed E-state index contributed by atoms with van der Waals surface area (Å²) in [5.41, 5.74) is 6.80. The van der Waals surface area contributed by atoms with Gasteiger partial charge in [0.15, 0.2) is 0 Å². The van der Waals surface area contributed by atoms with Gasteiger partial charge in [-0.2, -0.15) is 0 Å². The van der Waals surface area contributed by atoms with Gasteiger partial charge in [0.1, 0.15) is 0 Å². The second-order valence-corrected chi connectivity index (χ2v) is 8.68. The van der Waals surface area contributed by atoms with Gasteiger partial charge in [-0.1, -0.05) is 59.1 Å². The Morgan fingerprint density at radius 2 is 1.76 bits per heavy atom. The number of halogens is 2. The van der Waals surface area contributed by atoms with Crippen LogP contribution in [0.1, 0.15) is 41.3 Å². The number of piperidine rings is 1. The molecule has 151 valence electrons. The highest BCUT2D eigenvalue weighted by Gasteiger charge is 2.29. The predicted molar refractivity (Wildman–Crippen MR) is 120 cm³/mol. The largest absolute Gasteiger partial charge is 0.393 e. The molecule has 1 aliphatic rings. The van der Waals surface area contributed by atoms with E-state index < -0.39 is 0 Å². The van der Waals surface area contributed by atoms with Crippen molar-refractivity contribution in [3.8, 4) is 11.1 Å². The van der Waals surface area contributed by atoms with Crippen LogP contribution in [0.2, 0.25) is 10.0 Å². The Hall–Kier alpha value is -1.78. The molecular weight excluding hydrogens is 403 g/mol. The van der Waals surface area contributed by atoms with Gasteiger partial charge in [-0.15, -0.1) is 0 Å². The maximum Gasteiger partial charge on any atom is 0.0678 e. The molecule has 1 N–H and O–H groups in total. The predicted octanol–water partition coefficient (Wildman–Crippen LogP) is 5.93. The topological polar surface area (TPSA) is 39.3 Å². The van der Waals surface area contributed by atoms with Crippen LogP contribution in [-0.2, 0) is 6.54 Å². The van der Waals surface area contributed by atoms with Crippen molar-refractivity contribution in [1.29, 1.82) is 0 Å². The molecule has 0 bridgehead atoms. The third-order valence-corrected chi connectivity index (χ3v) is 6.37. The number of nitrogens with zero attached hydrogens (tertiary/aromatic N) is 2. The molecule has 2 aromatic carbocycles. The van der Waals surface area contributed by atoms with Crippen molar-refractivity contribution in [1.82, 2.24) is 9.88 Å². The molecule has 0 aliphatic carbocycles. The first-order valence-corrected chi connectivity index (χ1v) is 10.7. The number of aromatic nitrogens is 1. The number of aryl methyl sites for hydroxylation is 2. The molecule has 2 heterocycles. The fourth-order valence-electron chi connectivity index (χ4n) is 4.18. The SMILES string of the molecule is Cc1ccc(-c2c(C)cn(Cc3c(Cl)cccc3Cl)c2C2CC(O)CC[N]2)cc1. The van der Waals surface area contributed by atoms with Gasteiger partial charge < -0.3 is 9.67 Å². The third-order valence-electron chi connectivity index (χ3n) is 5.66. The molecule has 3 aromatic rings. The van der Waals surface area contributed by atoms with E-state index in [0.717, 1.165) is 17.7 Å². The maximum atomic E-state index is 10.3. The highest BCUT2D eigenvalue weighted by atomic mass is 35.5. The Kier molecular flexibility index (Phi) is 6.03. The Labute approximate surface area is 182 Å². The van der Waals surface area contributed by atoms with Crippen molar-refractivity contribution < 1.29 is 5.11 Å². The normalized spacial score (nSPS) is 19.5. The smallest absolute Gasteiger partial charge is 0.0678 e. The molecule has 3 nitrogen and oxygen atoms in total. The summed E-state index contributed by atoms with van der Waals surface area (Å²) >= 11 is 12.9. The highest BCUT2D eigenvalue weighted by molar-refractivity contribution is 6.35. The zero-order valence-corrected chi connectivity index (χ0v) is 18.2. The fourth-order valence-corrected chi connectivity index (χ4v) is 4.70. The minimum absolute atomic E-state index is 0.0509. The molecule has 1 fully saturated rings. The molecule has 1 saturated heterocycles.